The van der Waals surface area contributed by atoms with Crippen LogP contribution in [0, 0.1) is 25.2 Å². The Kier molecular flexibility index (Phi) is 9.01. The van der Waals surface area contributed by atoms with E-state index in [1.165, 1.54) is 27.6 Å². The van der Waals surface area contributed by atoms with Crippen molar-refractivity contribution < 1.29 is 24.2 Å². The third-order valence-corrected chi connectivity index (χ3v) is 9.39. The molecule has 249 valence electrons. The van der Waals surface area contributed by atoms with E-state index in [0.29, 0.717) is 0 Å². The number of rotatable bonds is 5. The molecule has 0 saturated heterocycles. The number of imidazole rings is 1. The molecule has 0 unspecified atom stereocenters. The summed E-state index contributed by atoms with van der Waals surface area (Å²) >= 11 is 1.64. The van der Waals surface area contributed by atoms with Gasteiger partial charge in [0.1, 0.15) is 0 Å². The van der Waals surface area contributed by atoms with Gasteiger partial charge in [-0.15, -0.1) is 41.3 Å². The molecular weight excluding hydrogens is 821 g/mol. The third-order valence-electron chi connectivity index (χ3n) is 8.51. The molecule has 0 atom stereocenters. The maximum absolute atomic E-state index is 7.23. The number of hydrogen-bond acceptors (Lipinski definition) is 4. The van der Waals surface area contributed by atoms with Crippen LogP contribution in [-0.2, 0) is 20.1 Å². The number of aromatic nitrogens is 4. The zero-order valence-corrected chi connectivity index (χ0v) is 30.8. The maximum Gasteiger partial charge on any atom is 0.0774 e. The van der Waals surface area contributed by atoms with Gasteiger partial charge in [-0.3, -0.25) is 21.3 Å². The van der Waals surface area contributed by atoms with Crippen LogP contribution >= 0.6 is 11.3 Å². The van der Waals surface area contributed by atoms with Gasteiger partial charge < -0.3 is 9.55 Å². The monoisotopic (exact) mass is 856 g/mol. The first kappa shape index (κ1) is 30.3. The summed E-state index contributed by atoms with van der Waals surface area (Å²) in [6.45, 7) is -0.0663. The SMILES string of the molecule is Cc1cc(-c2ccc3s[c-]c(-c4nc5ccccc5n4-c4ccc(-c5ccccc5)cc4)c3c2)ccn1.[2H]C([2H])([2H])c1ccc(-c2[c-]cccc2)nc1.[Ir]. The fourth-order valence-electron chi connectivity index (χ4n) is 6.04. The average Bonchev–Trinajstić information content (AvgIpc) is 3.80. The first-order chi connectivity index (χ1) is 25.8. The Morgan fingerprint density at radius 2 is 1.47 bits per heavy atom. The molecular formula is C45H32IrN4S-2. The van der Waals surface area contributed by atoms with E-state index < -0.39 is 6.85 Å². The Morgan fingerprint density at radius 1 is 0.706 bits per heavy atom. The summed E-state index contributed by atoms with van der Waals surface area (Å²) in [7, 11) is 0. The minimum Gasteiger partial charge on any atom is -0.333 e. The molecule has 0 fully saturated rings. The standard InChI is InChI=1S/C33H22N3S.C12H10N.Ir/c1-22-19-26(17-18-34-22)25-13-16-32-28(20-25)29(21-37-32)33-35-30-9-5-6-10-31(30)36(33)27-14-11-24(12-15-27)23-7-3-2-4-8-23;1-10-7-8-12(13-9-10)11-5-3-2-4-6-11;/h2-20H,1H3;2-5,7-9H,1H3;/q2*-1;/i;1D3;. The van der Waals surface area contributed by atoms with Gasteiger partial charge in [0.25, 0.3) is 0 Å². The maximum atomic E-state index is 7.23. The van der Waals surface area contributed by atoms with Crippen LogP contribution in [0.25, 0.3) is 71.7 Å². The zero-order chi connectivity index (χ0) is 36.4. The van der Waals surface area contributed by atoms with Crippen molar-refractivity contribution in [3.8, 4) is 50.6 Å². The molecule has 0 spiro atoms. The van der Waals surface area contributed by atoms with Crippen molar-refractivity contribution in [2.24, 2.45) is 0 Å². The number of benzene rings is 5. The second kappa shape index (κ2) is 15.2. The van der Waals surface area contributed by atoms with Gasteiger partial charge in [-0.05, 0) is 83.7 Å². The molecule has 4 heterocycles. The van der Waals surface area contributed by atoms with Gasteiger partial charge in [-0.2, -0.15) is 0 Å². The predicted molar refractivity (Wildman–Crippen MR) is 207 cm³/mol. The summed E-state index contributed by atoms with van der Waals surface area (Å²) < 4.78 is 25.2. The van der Waals surface area contributed by atoms with Gasteiger partial charge in [0.05, 0.1) is 16.9 Å². The van der Waals surface area contributed by atoms with E-state index in [2.05, 4.69) is 123 Å². The molecule has 9 aromatic rings. The van der Waals surface area contributed by atoms with E-state index in [-0.39, 0.29) is 25.7 Å². The molecule has 0 aliphatic heterocycles. The number of hydrogen-bond donors (Lipinski definition) is 0. The topological polar surface area (TPSA) is 43.6 Å². The number of fused-ring (bicyclic) bond motifs is 2. The number of nitrogens with zero attached hydrogens (tertiary/aromatic N) is 4. The summed E-state index contributed by atoms with van der Waals surface area (Å²) in [5.41, 5.74) is 11.7. The largest absolute Gasteiger partial charge is 0.333 e. The Morgan fingerprint density at radius 3 is 2.24 bits per heavy atom. The molecule has 9 rings (SSSR count). The van der Waals surface area contributed by atoms with Crippen LogP contribution < -0.4 is 0 Å². The van der Waals surface area contributed by atoms with Gasteiger partial charge in [-0.25, -0.2) is 0 Å². The van der Waals surface area contributed by atoms with Gasteiger partial charge in [0.2, 0.25) is 0 Å². The van der Waals surface area contributed by atoms with Gasteiger partial charge in [0.15, 0.2) is 0 Å². The van der Waals surface area contributed by atoms with E-state index in [4.69, 9.17) is 9.10 Å². The van der Waals surface area contributed by atoms with Gasteiger partial charge >= 0.3 is 0 Å². The number of thiophene rings is 1. The van der Waals surface area contributed by atoms with Crippen molar-refractivity contribution in [1.82, 2.24) is 19.5 Å². The van der Waals surface area contributed by atoms with Crippen molar-refractivity contribution in [2.75, 3.05) is 0 Å². The molecule has 51 heavy (non-hydrogen) atoms. The van der Waals surface area contributed by atoms with E-state index in [0.717, 1.165) is 56.0 Å². The molecule has 6 heteroatoms. The smallest absolute Gasteiger partial charge is 0.0774 e. The summed E-state index contributed by atoms with van der Waals surface area (Å²) in [6.07, 6.45) is 3.26. The number of aryl methyl sites for hydroxylation is 2. The molecule has 0 bridgehead atoms. The van der Waals surface area contributed by atoms with Crippen molar-refractivity contribution in [1.29, 1.82) is 0 Å². The predicted octanol–water partition coefficient (Wildman–Crippen LogP) is 11.6. The molecule has 1 radical (unpaired) electrons. The minimum absolute atomic E-state index is 0. The van der Waals surface area contributed by atoms with Crippen LogP contribution in [0.1, 0.15) is 15.4 Å². The first-order valence-corrected chi connectivity index (χ1v) is 17.1. The number of para-hydroxylation sites is 2. The Balaban J connectivity index is 0.000000223. The van der Waals surface area contributed by atoms with Crippen molar-refractivity contribution >= 4 is 32.5 Å². The van der Waals surface area contributed by atoms with Crippen LogP contribution in [0.3, 0.4) is 0 Å². The molecule has 4 nitrogen and oxygen atoms in total. The summed E-state index contributed by atoms with van der Waals surface area (Å²) in [4.78, 5) is 13.6. The van der Waals surface area contributed by atoms with Crippen LogP contribution in [0.4, 0.5) is 0 Å². The Bertz CT molecular complexity index is 2650. The molecule has 0 saturated carbocycles. The third kappa shape index (κ3) is 7.21. The Labute approximate surface area is 319 Å². The second-order valence-electron chi connectivity index (χ2n) is 11.9. The Hall–Kier alpha value is -5.52. The molecule has 5 aromatic carbocycles. The molecule has 0 N–H and O–H groups in total. The minimum atomic E-state index is -2.09. The van der Waals surface area contributed by atoms with E-state index in [9.17, 15) is 0 Å². The number of pyridine rings is 2. The van der Waals surface area contributed by atoms with Crippen LogP contribution in [0.2, 0.25) is 0 Å². The first-order valence-electron chi connectivity index (χ1n) is 17.8. The molecule has 0 amide bonds. The van der Waals surface area contributed by atoms with E-state index in [1.807, 2.05) is 43.5 Å². The quantitative estimate of drug-likeness (QED) is 0.162. The molecule has 0 aliphatic rings. The fourth-order valence-corrected chi connectivity index (χ4v) is 6.86. The van der Waals surface area contributed by atoms with Gasteiger partial charge in [0, 0.05) is 48.0 Å². The second-order valence-corrected chi connectivity index (χ2v) is 12.7. The average molecular weight is 856 g/mol. The summed E-state index contributed by atoms with van der Waals surface area (Å²) in [6, 6.07) is 52.1. The normalized spacial score (nSPS) is 11.9. The zero-order valence-electron chi connectivity index (χ0n) is 30.5. The van der Waals surface area contributed by atoms with Crippen molar-refractivity contribution in [3.05, 3.63) is 181 Å². The summed E-state index contributed by atoms with van der Waals surface area (Å²) in [5, 5.41) is 4.74. The van der Waals surface area contributed by atoms with Crippen LogP contribution in [0.15, 0.2) is 158 Å². The molecule has 4 aromatic heterocycles. The van der Waals surface area contributed by atoms with Crippen LogP contribution in [0.5, 0.6) is 0 Å². The van der Waals surface area contributed by atoms with Crippen molar-refractivity contribution in [3.63, 3.8) is 0 Å². The van der Waals surface area contributed by atoms with Crippen molar-refractivity contribution in [2.45, 2.75) is 13.8 Å². The fraction of sp³-hybridized carbons (Fsp3) is 0.0444. The van der Waals surface area contributed by atoms with E-state index >= 15 is 0 Å². The van der Waals surface area contributed by atoms with Gasteiger partial charge in [-0.1, -0.05) is 101 Å². The van der Waals surface area contributed by atoms with E-state index in [1.54, 1.807) is 29.5 Å². The van der Waals surface area contributed by atoms with Crippen LogP contribution in [-0.4, -0.2) is 19.5 Å². The molecule has 0 aliphatic carbocycles. The summed E-state index contributed by atoms with van der Waals surface area (Å²) in [5.74, 6) is 0.906.